The number of esters is 1. The van der Waals surface area contributed by atoms with Crippen LogP contribution in [-0.4, -0.2) is 40.3 Å². The third kappa shape index (κ3) is 2.89. The van der Waals surface area contributed by atoms with Crippen LogP contribution in [0.5, 0.6) is 0 Å². The van der Waals surface area contributed by atoms with Gasteiger partial charge in [-0.2, -0.15) is 0 Å². The summed E-state index contributed by atoms with van der Waals surface area (Å²) in [7, 11) is 1.34. The van der Waals surface area contributed by atoms with E-state index in [2.05, 4.69) is 4.99 Å². The molecule has 2 aliphatic heterocycles. The lowest BCUT2D eigenvalue weighted by molar-refractivity contribution is -0.137. The molecule has 0 N–H and O–H groups in total. The Kier molecular flexibility index (Phi) is 4.57. The van der Waals surface area contributed by atoms with Crippen LogP contribution in [0.3, 0.4) is 0 Å². The highest BCUT2D eigenvalue weighted by atomic mass is 32.2. The maximum Gasteiger partial charge on any atom is 0.338 e. The largest absolute Gasteiger partial charge is 0.466 e. The van der Waals surface area contributed by atoms with Crippen molar-refractivity contribution in [3.8, 4) is 0 Å². The van der Waals surface area contributed by atoms with Gasteiger partial charge in [-0.15, -0.1) is 0 Å². The number of thioether (sulfide) groups is 1. The molecule has 1 saturated heterocycles. The van der Waals surface area contributed by atoms with Gasteiger partial charge in [-0.1, -0.05) is 54.2 Å². The number of hydrogen-bond donors (Lipinski definition) is 0. The molecule has 0 aromatic heterocycles. The molecule has 24 heavy (non-hydrogen) atoms. The lowest BCUT2D eigenvalue weighted by Crippen LogP contribution is -2.44. The average molecular weight is 342 g/mol. The van der Waals surface area contributed by atoms with Crippen molar-refractivity contribution in [1.29, 1.82) is 0 Å². The van der Waals surface area contributed by atoms with Crippen molar-refractivity contribution in [3.05, 3.63) is 53.2 Å². The molecule has 2 aliphatic rings. The molecule has 3 rings (SSSR count). The summed E-state index contributed by atoms with van der Waals surface area (Å²) in [6.07, 6.45) is 3.76. The van der Waals surface area contributed by atoms with E-state index >= 15 is 0 Å². The number of benzene rings is 1. The molecule has 0 spiro atoms. The molecule has 1 fully saturated rings. The van der Waals surface area contributed by atoms with Crippen LogP contribution in [0.4, 0.5) is 0 Å². The van der Waals surface area contributed by atoms with Gasteiger partial charge >= 0.3 is 5.97 Å². The fourth-order valence-corrected chi connectivity index (χ4v) is 3.80. The predicted octanol–water partition coefficient (Wildman–Crippen LogP) is 2.85. The SMILES string of the molecule is COC(=O)C1=C(C)N=C2S[C@H](C)C(=O)N2[C@@H]1/C=C/c1ccccc1. The Morgan fingerprint density at radius 2 is 2.04 bits per heavy atom. The minimum absolute atomic E-state index is 0.0460. The summed E-state index contributed by atoms with van der Waals surface area (Å²) in [4.78, 5) is 30.8. The third-order valence-corrected chi connectivity index (χ3v) is 5.03. The molecule has 124 valence electrons. The quantitative estimate of drug-likeness (QED) is 0.793. The first-order chi connectivity index (χ1) is 11.5. The molecule has 0 radical (unpaired) electrons. The number of hydrogen-bond acceptors (Lipinski definition) is 5. The van der Waals surface area contributed by atoms with Crippen LogP contribution in [0.25, 0.3) is 6.08 Å². The molecule has 2 atom stereocenters. The Labute approximate surface area is 145 Å². The maximum atomic E-state index is 12.5. The third-order valence-electron chi connectivity index (χ3n) is 3.98. The Morgan fingerprint density at radius 3 is 2.71 bits per heavy atom. The number of carbonyl (C=O) groups excluding carboxylic acids is 2. The summed E-state index contributed by atoms with van der Waals surface area (Å²) in [6, 6.07) is 9.24. The van der Waals surface area contributed by atoms with Crippen molar-refractivity contribution < 1.29 is 14.3 Å². The number of rotatable bonds is 3. The molecule has 0 unspecified atom stereocenters. The summed E-state index contributed by atoms with van der Waals surface area (Å²) in [6.45, 7) is 3.62. The molecule has 0 bridgehead atoms. The van der Waals surface area contributed by atoms with E-state index in [4.69, 9.17) is 4.74 Å². The average Bonchev–Trinajstić information content (AvgIpc) is 2.86. The highest BCUT2D eigenvalue weighted by molar-refractivity contribution is 8.15. The Bertz CT molecular complexity index is 768. The van der Waals surface area contributed by atoms with Crippen LogP contribution in [0.2, 0.25) is 0 Å². The van der Waals surface area contributed by atoms with Gasteiger partial charge in [0.1, 0.15) is 0 Å². The number of allylic oxidation sites excluding steroid dienone is 1. The van der Waals surface area contributed by atoms with Gasteiger partial charge in [-0.25, -0.2) is 9.79 Å². The van der Waals surface area contributed by atoms with Crippen molar-refractivity contribution in [2.45, 2.75) is 25.1 Å². The Hall–Kier alpha value is -2.34. The first-order valence-corrected chi connectivity index (χ1v) is 8.51. The number of aliphatic imine (C=N–C) groups is 1. The van der Waals surface area contributed by atoms with E-state index in [0.29, 0.717) is 16.4 Å². The van der Waals surface area contributed by atoms with E-state index in [1.54, 1.807) is 11.8 Å². The number of nitrogens with zero attached hydrogens (tertiary/aromatic N) is 2. The Morgan fingerprint density at radius 1 is 1.33 bits per heavy atom. The molecule has 1 amide bonds. The van der Waals surface area contributed by atoms with Crippen molar-refractivity contribution >= 4 is 34.9 Å². The van der Waals surface area contributed by atoms with Crippen LogP contribution in [0, 0.1) is 0 Å². The first kappa shape index (κ1) is 16.5. The summed E-state index contributed by atoms with van der Waals surface area (Å²) < 4.78 is 4.91. The highest BCUT2D eigenvalue weighted by Gasteiger charge is 2.44. The molecule has 5 nitrogen and oxygen atoms in total. The van der Waals surface area contributed by atoms with Crippen molar-refractivity contribution in [1.82, 2.24) is 4.90 Å². The molecular formula is C18H18N2O3S. The number of carbonyl (C=O) groups is 2. The smallest absolute Gasteiger partial charge is 0.338 e. The second-order valence-corrected chi connectivity index (χ2v) is 6.88. The summed E-state index contributed by atoms with van der Waals surface area (Å²) in [5.41, 5.74) is 1.98. The van der Waals surface area contributed by atoms with E-state index < -0.39 is 12.0 Å². The zero-order valence-corrected chi connectivity index (χ0v) is 14.5. The number of fused-ring (bicyclic) bond motifs is 1. The second kappa shape index (κ2) is 6.65. The van der Waals surface area contributed by atoms with E-state index in [0.717, 1.165) is 5.56 Å². The van der Waals surface area contributed by atoms with Gasteiger partial charge in [0.05, 0.1) is 29.7 Å². The zero-order chi connectivity index (χ0) is 17.3. The minimum Gasteiger partial charge on any atom is -0.466 e. The van der Waals surface area contributed by atoms with Gasteiger partial charge < -0.3 is 4.74 Å². The molecule has 1 aromatic rings. The first-order valence-electron chi connectivity index (χ1n) is 7.63. The molecule has 0 aliphatic carbocycles. The van der Waals surface area contributed by atoms with Crippen LogP contribution < -0.4 is 0 Å². The summed E-state index contributed by atoms with van der Waals surface area (Å²) in [5.74, 6) is -0.509. The van der Waals surface area contributed by atoms with Crippen LogP contribution in [0.1, 0.15) is 19.4 Å². The van der Waals surface area contributed by atoms with Crippen molar-refractivity contribution in [2.24, 2.45) is 4.99 Å². The van der Waals surface area contributed by atoms with E-state index in [-0.39, 0.29) is 11.2 Å². The van der Waals surface area contributed by atoms with E-state index in [1.807, 2.05) is 49.4 Å². The molecule has 0 saturated carbocycles. The normalized spacial score (nSPS) is 23.5. The number of amidine groups is 1. The lowest BCUT2D eigenvalue weighted by Gasteiger charge is -2.30. The van der Waals surface area contributed by atoms with Gasteiger partial charge in [0.2, 0.25) is 5.91 Å². The summed E-state index contributed by atoms with van der Waals surface area (Å²) >= 11 is 1.41. The van der Waals surface area contributed by atoms with Crippen LogP contribution in [-0.2, 0) is 14.3 Å². The molecule has 2 heterocycles. The predicted molar refractivity (Wildman–Crippen MR) is 95.3 cm³/mol. The molecular weight excluding hydrogens is 324 g/mol. The van der Waals surface area contributed by atoms with Gasteiger partial charge in [0.25, 0.3) is 0 Å². The van der Waals surface area contributed by atoms with Gasteiger partial charge in [-0.05, 0) is 19.4 Å². The fraction of sp³-hybridized carbons (Fsp3) is 0.278. The minimum atomic E-state index is -0.505. The standard InChI is InChI=1S/C18H18N2O3S/c1-11-15(17(22)23-3)14(10-9-13-7-5-4-6-8-13)20-16(21)12(2)24-18(20)19-11/h4-10,12,14H,1-3H3/b10-9+/t12-,14-/m1/s1. The van der Waals surface area contributed by atoms with Crippen molar-refractivity contribution in [2.75, 3.05) is 7.11 Å². The second-order valence-electron chi connectivity index (χ2n) is 5.57. The fourth-order valence-electron chi connectivity index (χ4n) is 2.77. The number of ether oxygens (including phenoxy) is 1. The van der Waals surface area contributed by atoms with E-state index in [9.17, 15) is 9.59 Å². The number of methoxy groups -OCH3 is 1. The molecule has 6 heteroatoms. The molecule has 1 aromatic carbocycles. The van der Waals surface area contributed by atoms with Crippen LogP contribution in [0.15, 0.2) is 52.7 Å². The topological polar surface area (TPSA) is 59.0 Å². The number of amides is 1. The summed E-state index contributed by atoms with van der Waals surface area (Å²) in [5, 5.41) is 0.432. The van der Waals surface area contributed by atoms with Gasteiger partial charge in [-0.3, -0.25) is 9.69 Å². The lowest BCUT2D eigenvalue weighted by atomic mass is 10.0. The van der Waals surface area contributed by atoms with Crippen molar-refractivity contribution in [3.63, 3.8) is 0 Å². The van der Waals surface area contributed by atoms with E-state index in [1.165, 1.54) is 18.9 Å². The zero-order valence-electron chi connectivity index (χ0n) is 13.7. The van der Waals surface area contributed by atoms with Gasteiger partial charge in [0.15, 0.2) is 5.17 Å². The monoisotopic (exact) mass is 342 g/mol. The van der Waals surface area contributed by atoms with Crippen LogP contribution >= 0.6 is 11.8 Å². The van der Waals surface area contributed by atoms with Gasteiger partial charge in [0, 0.05) is 0 Å². The maximum absolute atomic E-state index is 12.5. The Balaban J connectivity index is 2.03. The highest BCUT2D eigenvalue weighted by Crippen LogP contribution is 2.36.